The molecule has 0 amide bonds. The van der Waals surface area contributed by atoms with Gasteiger partial charge in [0.25, 0.3) is 0 Å². The van der Waals surface area contributed by atoms with Crippen LogP contribution < -0.4 is 0 Å². The van der Waals surface area contributed by atoms with Gasteiger partial charge in [0.15, 0.2) is 0 Å². The van der Waals surface area contributed by atoms with Crippen molar-refractivity contribution in [2.45, 2.75) is 12.0 Å². The first-order chi connectivity index (χ1) is 7.16. The van der Waals surface area contributed by atoms with Gasteiger partial charge >= 0.3 is 0 Å². The van der Waals surface area contributed by atoms with Gasteiger partial charge in [-0.25, -0.2) is 0 Å². The van der Waals surface area contributed by atoms with E-state index in [4.69, 9.17) is 4.74 Å². The summed E-state index contributed by atoms with van der Waals surface area (Å²) in [6.45, 7) is 0. The average Bonchev–Trinajstić information content (AvgIpc) is 2.69. The van der Waals surface area contributed by atoms with Crippen LogP contribution in [-0.4, -0.2) is 17.3 Å². The van der Waals surface area contributed by atoms with E-state index in [1.807, 2.05) is 17.5 Å². The molecule has 0 aromatic carbocycles. The highest BCUT2D eigenvalue weighted by Gasteiger charge is 2.33. The van der Waals surface area contributed by atoms with E-state index in [0.29, 0.717) is 0 Å². The van der Waals surface area contributed by atoms with Gasteiger partial charge in [-0.2, -0.15) is 0 Å². The number of rotatable bonds is 2. The Bertz CT molecular complexity index is 385. The first-order valence-corrected chi connectivity index (χ1v) is 5.45. The molecule has 0 bridgehead atoms. The molecular weight excluding hydrogens is 212 g/mol. The van der Waals surface area contributed by atoms with Gasteiger partial charge in [0.2, 0.25) is 0 Å². The van der Waals surface area contributed by atoms with Crippen molar-refractivity contribution in [3.8, 4) is 0 Å². The minimum atomic E-state index is -0.819. The summed E-state index contributed by atoms with van der Waals surface area (Å²) in [7, 11) is 1.55. The van der Waals surface area contributed by atoms with E-state index >= 15 is 0 Å². The third-order valence-electron chi connectivity index (χ3n) is 2.37. The van der Waals surface area contributed by atoms with Crippen LogP contribution in [-0.2, 0) is 10.3 Å². The fraction of sp³-hybridized carbons (Fsp3) is 0.273. The number of hydrogen-bond donors (Lipinski definition) is 2. The second kappa shape index (κ2) is 3.72. The lowest BCUT2D eigenvalue weighted by atomic mass is 9.94. The van der Waals surface area contributed by atoms with Crippen molar-refractivity contribution in [1.29, 1.82) is 0 Å². The normalized spacial score (nSPS) is 19.5. The summed E-state index contributed by atoms with van der Waals surface area (Å²) in [6.07, 6.45) is 3.42. The molecule has 3 nitrogen and oxygen atoms in total. The molecule has 0 aliphatic heterocycles. The van der Waals surface area contributed by atoms with Gasteiger partial charge in [0, 0.05) is 12.0 Å². The second-order valence-electron chi connectivity index (χ2n) is 3.42. The largest absolute Gasteiger partial charge is 0.512 e. The maximum atomic E-state index is 9.53. The Labute approximate surface area is 91.9 Å². The highest BCUT2D eigenvalue weighted by Crippen LogP contribution is 2.37. The molecule has 15 heavy (non-hydrogen) atoms. The van der Waals surface area contributed by atoms with Crippen LogP contribution in [0, 0.1) is 0 Å². The second-order valence-corrected chi connectivity index (χ2v) is 4.37. The van der Waals surface area contributed by atoms with Crippen LogP contribution in [0.25, 0.3) is 0 Å². The fourth-order valence-corrected chi connectivity index (χ4v) is 2.53. The lowest BCUT2D eigenvalue weighted by molar-refractivity contribution is 0.0650. The lowest BCUT2D eigenvalue weighted by Gasteiger charge is -2.28. The average molecular weight is 224 g/mol. The molecule has 0 fully saturated rings. The Morgan fingerprint density at radius 2 is 2.00 bits per heavy atom. The van der Waals surface area contributed by atoms with Crippen molar-refractivity contribution in [1.82, 2.24) is 0 Å². The first-order valence-electron chi connectivity index (χ1n) is 4.57. The van der Waals surface area contributed by atoms with E-state index in [9.17, 15) is 10.2 Å². The van der Waals surface area contributed by atoms with Crippen LogP contribution in [0.3, 0.4) is 0 Å². The summed E-state index contributed by atoms with van der Waals surface area (Å²) < 4.78 is 5.40. The van der Waals surface area contributed by atoms with Crippen molar-refractivity contribution >= 4 is 11.3 Å². The van der Waals surface area contributed by atoms with Crippen molar-refractivity contribution in [2.75, 3.05) is 7.11 Å². The van der Waals surface area contributed by atoms with Gasteiger partial charge < -0.3 is 14.9 Å². The third-order valence-corrected chi connectivity index (χ3v) is 3.37. The molecule has 2 N–H and O–H groups in total. The number of thiophene rings is 1. The van der Waals surface area contributed by atoms with Crippen molar-refractivity contribution < 1.29 is 14.9 Å². The molecule has 0 saturated heterocycles. The fourth-order valence-electron chi connectivity index (χ4n) is 1.69. The Hall–Kier alpha value is -1.26. The quantitative estimate of drug-likeness (QED) is 0.812. The van der Waals surface area contributed by atoms with Gasteiger partial charge in [0.05, 0.1) is 17.9 Å². The number of aliphatic hydroxyl groups is 2. The van der Waals surface area contributed by atoms with Crippen molar-refractivity contribution in [3.05, 3.63) is 46.1 Å². The third kappa shape index (κ3) is 1.78. The highest BCUT2D eigenvalue weighted by molar-refractivity contribution is 7.10. The SMILES string of the molecule is COC1(c2cccs2)C=C(O)CC(O)=C1. The predicted octanol–water partition coefficient (Wildman–Crippen LogP) is 2.88. The zero-order chi connectivity index (χ0) is 10.9. The van der Waals surface area contributed by atoms with Crippen LogP contribution in [0.5, 0.6) is 0 Å². The zero-order valence-electron chi connectivity index (χ0n) is 8.30. The Morgan fingerprint density at radius 1 is 1.33 bits per heavy atom. The van der Waals surface area contributed by atoms with E-state index < -0.39 is 5.60 Å². The van der Waals surface area contributed by atoms with Crippen LogP contribution in [0.15, 0.2) is 41.2 Å². The van der Waals surface area contributed by atoms with Crippen LogP contribution in [0.1, 0.15) is 11.3 Å². The van der Waals surface area contributed by atoms with E-state index in [1.165, 1.54) is 11.3 Å². The summed E-state index contributed by atoms with van der Waals surface area (Å²) >= 11 is 1.52. The van der Waals surface area contributed by atoms with Crippen LogP contribution in [0.2, 0.25) is 0 Å². The van der Waals surface area contributed by atoms with Crippen molar-refractivity contribution in [3.63, 3.8) is 0 Å². The summed E-state index contributed by atoms with van der Waals surface area (Å²) in [5, 5.41) is 21.0. The molecule has 1 heterocycles. The van der Waals surface area contributed by atoms with Gasteiger partial charge in [-0.1, -0.05) is 6.07 Å². The van der Waals surface area contributed by atoms with Gasteiger partial charge in [0.1, 0.15) is 5.60 Å². The van der Waals surface area contributed by atoms with Gasteiger partial charge in [-0.3, -0.25) is 0 Å². The highest BCUT2D eigenvalue weighted by atomic mass is 32.1. The number of methoxy groups -OCH3 is 1. The van der Waals surface area contributed by atoms with Gasteiger partial charge in [-0.05, 0) is 23.6 Å². The molecule has 4 heteroatoms. The summed E-state index contributed by atoms with van der Waals surface area (Å²) in [5.74, 6) is 0.260. The summed E-state index contributed by atoms with van der Waals surface area (Å²) in [6, 6.07) is 3.82. The predicted molar refractivity (Wildman–Crippen MR) is 59.0 cm³/mol. The molecule has 1 aliphatic carbocycles. The van der Waals surface area contributed by atoms with Gasteiger partial charge in [-0.15, -0.1) is 11.3 Å². The number of hydrogen-bond acceptors (Lipinski definition) is 4. The molecule has 0 radical (unpaired) electrons. The molecule has 80 valence electrons. The maximum Gasteiger partial charge on any atom is 0.145 e. The minimum Gasteiger partial charge on any atom is -0.512 e. The molecule has 1 aliphatic rings. The number of aliphatic hydroxyl groups excluding tert-OH is 2. The first kappa shape index (κ1) is 10.3. The maximum absolute atomic E-state index is 9.53. The monoisotopic (exact) mass is 224 g/mol. The Kier molecular flexibility index (Phi) is 2.54. The molecule has 1 aromatic heterocycles. The van der Waals surface area contributed by atoms with E-state index in [2.05, 4.69) is 0 Å². The molecular formula is C11H12O3S. The zero-order valence-corrected chi connectivity index (χ0v) is 9.12. The summed E-state index contributed by atoms with van der Waals surface area (Å²) in [4.78, 5) is 0.933. The molecule has 0 saturated carbocycles. The van der Waals surface area contributed by atoms with Crippen molar-refractivity contribution in [2.24, 2.45) is 0 Å². The Balaban J connectivity index is 2.49. The smallest absolute Gasteiger partial charge is 0.145 e. The van der Waals surface area contributed by atoms with Crippen LogP contribution >= 0.6 is 11.3 Å². The Morgan fingerprint density at radius 3 is 2.47 bits per heavy atom. The minimum absolute atomic E-state index is 0.130. The van der Waals surface area contributed by atoms with E-state index in [0.717, 1.165) is 4.88 Å². The van der Waals surface area contributed by atoms with E-state index in [-0.39, 0.29) is 17.9 Å². The van der Waals surface area contributed by atoms with Crippen LogP contribution in [0.4, 0.5) is 0 Å². The molecule has 2 rings (SSSR count). The lowest BCUT2D eigenvalue weighted by Crippen LogP contribution is -2.25. The standard InChI is InChI=1S/C11H12O3S/c1-14-11(10-3-2-4-15-10)6-8(12)5-9(13)7-11/h2-4,6-7,12-13H,5H2,1H3. The summed E-state index contributed by atoms with van der Waals surface area (Å²) in [5.41, 5.74) is -0.819. The topological polar surface area (TPSA) is 49.7 Å². The molecule has 0 spiro atoms. The molecule has 1 aromatic rings. The molecule has 0 atom stereocenters. The molecule has 0 unspecified atom stereocenters. The van der Waals surface area contributed by atoms with E-state index in [1.54, 1.807) is 19.3 Å². The number of ether oxygens (including phenoxy) is 1.